The Hall–Kier alpha value is -3.78. The summed E-state index contributed by atoms with van der Waals surface area (Å²) in [5, 5.41) is 5.34. The average molecular weight is 471 g/mol. The number of anilines is 3. The third-order valence-electron chi connectivity index (χ3n) is 5.82. The summed E-state index contributed by atoms with van der Waals surface area (Å²) in [7, 11) is 0. The maximum atomic E-state index is 13.0. The second-order valence-corrected chi connectivity index (χ2v) is 9.28. The van der Waals surface area contributed by atoms with Crippen molar-refractivity contribution in [1.29, 1.82) is 0 Å². The Morgan fingerprint density at radius 3 is 2.44 bits per heavy atom. The van der Waals surface area contributed by atoms with Gasteiger partial charge in [-0.1, -0.05) is 18.2 Å². The van der Waals surface area contributed by atoms with Crippen LogP contribution in [0.2, 0.25) is 0 Å². The first-order chi connectivity index (χ1) is 16.5. The number of benzene rings is 1. The molecule has 0 saturated carbocycles. The SMILES string of the molecule is Cc1ccnc(Nc2cc(N3CCN(C(=O)c4ccc(-c5cccs5)cc4)CC3)nc(C)n2)c1. The minimum absolute atomic E-state index is 0.0733. The molecule has 4 aromatic rings. The van der Waals surface area contributed by atoms with Gasteiger partial charge in [0.25, 0.3) is 5.91 Å². The van der Waals surface area contributed by atoms with E-state index in [1.165, 1.54) is 4.88 Å². The molecule has 5 rings (SSSR count). The number of carbonyl (C=O) groups is 1. The van der Waals surface area contributed by atoms with Crippen LogP contribution in [0.3, 0.4) is 0 Å². The van der Waals surface area contributed by atoms with E-state index in [2.05, 4.69) is 36.6 Å². The number of rotatable bonds is 5. The Bertz CT molecular complexity index is 1280. The Morgan fingerprint density at radius 2 is 1.74 bits per heavy atom. The van der Waals surface area contributed by atoms with Crippen molar-refractivity contribution in [3.05, 3.63) is 83.1 Å². The number of nitrogens with zero attached hydrogens (tertiary/aromatic N) is 5. The summed E-state index contributed by atoms with van der Waals surface area (Å²) in [6.07, 6.45) is 1.78. The van der Waals surface area contributed by atoms with Crippen molar-refractivity contribution < 1.29 is 4.79 Å². The van der Waals surface area contributed by atoms with Gasteiger partial charge in [-0.3, -0.25) is 4.79 Å². The van der Waals surface area contributed by atoms with Crippen LogP contribution in [-0.4, -0.2) is 51.9 Å². The quantitative estimate of drug-likeness (QED) is 0.446. The van der Waals surface area contributed by atoms with Crippen molar-refractivity contribution in [2.24, 2.45) is 0 Å². The molecule has 1 saturated heterocycles. The predicted octanol–water partition coefficient (Wildman–Crippen LogP) is 4.92. The highest BCUT2D eigenvalue weighted by Crippen LogP contribution is 2.25. The molecule has 4 heterocycles. The number of hydrogen-bond acceptors (Lipinski definition) is 7. The van der Waals surface area contributed by atoms with Gasteiger partial charge in [0, 0.05) is 48.9 Å². The molecule has 3 aromatic heterocycles. The van der Waals surface area contributed by atoms with Crippen LogP contribution in [0.25, 0.3) is 10.4 Å². The van der Waals surface area contributed by atoms with Gasteiger partial charge >= 0.3 is 0 Å². The van der Waals surface area contributed by atoms with Gasteiger partial charge in [-0.2, -0.15) is 0 Å². The fraction of sp³-hybridized carbons (Fsp3) is 0.231. The Morgan fingerprint density at radius 1 is 0.941 bits per heavy atom. The molecule has 0 radical (unpaired) electrons. The highest BCUT2D eigenvalue weighted by molar-refractivity contribution is 7.13. The van der Waals surface area contributed by atoms with Crippen LogP contribution in [0.4, 0.5) is 17.5 Å². The summed E-state index contributed by atoms with van der Waals surface area (Å²) < 4.78 is 0. The molecule has 0 unspecified atom stereocenters. The van der Waals surface area contributed by atoms with Crippen LogP contribution in [0, 0.1) is 13.8 Å². The molecule has 1 aromatic carbocycles. The molecule has 1 fully saturated rings. The molecule has 1 aliphatic rings. The van der Waals surface area contributed by atoms with E-state index < -0.39 is 0 Å². The molecule has 172 valence electrons. The van der Waals surface area contributed by atoms with Crippen molar-refractivity contribution in [2.45, 2.75) is 13.8 Å². The molecule has 0 spiro atoms. The number of nitrogens with one attached hydrogen (secondary N) is 1. The lowest BCUT2D eigenvalue weighted by Crippen LogP contribution is -2.49. The van der Waals surface area contributed by atoms with Crippen LogP contribution >= 0.6 is 11.3 Å². The van der Waals surface area contributed by atoms with Gasteiger partial charge in [0.15, 0.2) is 0 Å². The number of carbonyl (C=O) groups excluding carboxylic acids is 1. The van der Waals surface area contributed by atoms with Crippen molar-refractivity contribution >= 4 is 34.7 Å². The van der Waals surface area contributed by atoms with Crippen LogP contribution in [0.1, 0.15) is 21.7 Å². The van der Waals surface area contributed by atoms with Crippen LogP contribution in [0.5, 0.6) is 0 Å². The van der Waals surface area contributed by atoms with Crippen LogP contribution in [0.15, 0.2) is 66.2 Å². The highest BCUT2D eigenvalue weighted by atomic mass is 32.1. The van der Waals surface area contributed by atoms with Gasteiger partial charge in [0.2, 0.25) is 0 Å². The number of amides is 1. The van der Waals surface area contributed by atoms with Crippen molar-refractivity contribution in [1.82, 2.24) is 19.9 Å². The maximum Gasteiger partial charge on any atom is 0.253 e. The summed E-state index contributed by atoms with van der Waals surface area (Å²) in [4.78, 5) is 31.9. The zero-order valence-corrected chi connectivity index (χ0v) is 20.0. The molecular weight excluding hydrogens is 444 g/mol. The maximum absolute atomic E-state index is 13.0. The Balaban J connectivity index is 1.23. The van der Waals surface area contributed by atoms with E-state index >= 15 is 0 Å². The van der Waals surface area contributed by atoms with Crippen molar-refractivity contribution in [3.63, 3.8) is 0 Å². The zero-order valence-electron chi connectivity index (χ0n) is 19.2. The third-order valence-corrected chi connectivity index (χ3v) is 6.74. The Kier molecular flexibility index (Phi) is 6.22. The first kappa shape index (κ1) is 22.0. The van der Waals surface area contributed by atoms with E-state index in [1.54, 1.807) is 17.5 Å². The standard InChI is InChI=1S/C26H26N6OS/c1-18-9-10-27-23(16-18)30-24-17-25(29-19(2)28-24)31-11-13-32(14-12-31)26(33)21-7-5-20(6-8-21)22-4-3-15-34-22/h3-10,15-17H,11-14H2,1-2H3,(H,27,28,29,30). The smallest absolute Gasteiger partial charge is 0.253 e. The summed E-state index contributed by atoms with van der Waals surface area (Å²) in [6, 6.07) is 17.9. The van der Waals surface area contributed by atoms with Gasteiger partial charge in [0.05, 0.1) is 0 Å². The van der Waals surface area contributed by atoms with E-state index in [-0.39, 0.29) is 5.91 Å². The second kappa shape index (κ2) is 9.61. The number of hydrogen-bond donors (Lipinski definition) is 1. The summed E-state index contributed by atoms with van der Waals surface area (Å²) in [5.41, 5.74) is 3.00. The summed E-state index contributed by atoms with van der Waals surface area (Å²) in [5.74, 6) is 3.09. The van der Waals surface area contributed by atoms with Gasteiger partial charge in [0.1, 0.15) is 23.3 Å². The number of pyridine rings is 1. The number of thiophene rings is 1. The third kappa shape index (κ3) is 4.92. The number of aryl methyl sites for hydroxylation is 2. The molecule has 0 aliphatic carbocycles. The lowest BCUT2D eigenvalue weighted by atomic mass is 10.1. The van der Waals surface area contributed by atoms with Gasteiger partial charge in [-0.05, 0) is 60.7 Å². The molecule has 1 N–H and O–H groups in total. The predicted molar refractivity (Wildman–Crippen MR) is 137 cm³/mol. The summed E-state index contributed by atoms with van der Waals surface area (Å²) >= 11 is 1.70. The van der Waals surface area contributed by atoms with E-state index in [1.807, 2.05) is 67.3 Å². The van der Waals surface area contributed by atoms with Crippen LogP contribution < -0.4 is 10.2 Å². The molecule has 1 amide bonds. The molecule has 1 aliphatic heterocycles. The normalized spacial score (nSPS) is 13.7. The van der Waals surface area contributed by atoms with Crippen molar-refractivity contribution in [3.8, 4) is 10.4 Å². The largest absolute Gasteiger partial charge is 0.353 e. The van der Waals surface area contributed by atoms with Gasteiger partial charge in [-0.15, -0.1) is 11.3 Å². The van der Waals surface area contributed by atoms with Gasteiger partial charge in [-0.25, -0.2) is 15.0 Å². The minimum Gasteiger partial charge on any atom is -0.353 e. The Labute approximate surface area is 203 Å². The van der Waals surface area contributed by atoms with Crippen molar-refractivity contribution in [2.75, 3.05) is 36.4 Å². The summed E-state index contributed by atoms with van der Waals surface area (Å²) in [6.45, 7) is 6.66. The zero-order chi connectivity index (χ0) is 23.5. The molecule has 0 bridgehead atoms. The topological polar surface area (TPSA) is 74.2 Å². The monoisotopic (exact) mass is 470 g/mol. The van der Waals surface area contributed by atoms with E-state index in [9.17, 15) is 4.79 Å². The van der Waals surface area contributed by atoms with E-state index in [0.717, 1.165) is 41.4 Å². The fourth-order valence-electron chi connectivity index (χ4n) is 4.05. The fourth-order valence-corrected chi connectivity index (χ4v) is 4.79. The minimum atomic E-state index is 0.0733. The molecular formula is C26H26N6OS. The first-order valence-corrected chi connectivity index (χ1v) is 12.2. The van der Waals surface area contributed by atoms with E-state index in [0.29, 0.717) is 24.7 Å². The van der Waals surface area contributed by atoms with Crippen LogP contribution in [-0.2, 0) is 0 Å². The molecule has 7 nitrogen and oxygen atoms in total. The lowest BCUT2D eigenvalue weighted by molar-refractivity contribution is 0.0746. The first-order valence-electron chi connectivity index (χ1n) is 11.3. The number of piperazine rings is 1. The number of aromatic nitrogens is 3. The molecule has 8 heteroatoms. The highest BCUT2D eigenvalue weighted by Gasteiger charge is 2.23. The second-order valence-electron chi connectivity index (χ2n) is 8.34. The average Bonchev–Trinajstić information content (AvgIpc) is 3.39. The molecule has 0 atom stereocenters. The lowest BCUT2D eigenvalue weighted by Gasteiger charge is -2.35. The molecule has 34 heavy (non-hydrogen) atoms. The van der Waals surface area contributed by atoms with Gasteiger partial charge < -0.3 is 15.1 Å². The van der Waals surface area contributed by atoms with E-state index in [4.69, 9.17) is 0 Å².